The molecule has 0 heterocycles. The lowest BCUT2D eigenvalue weighted by molar-refractivity contribution is -0.139. The van der Waals surface area contributed by atoms with E-state index in [0.717, 1.165) is 21.6 Å². The number of likely N-dealkylation sites (N-methyl/N-ethyl adjacent to an activating group) is 1. The topological polar surface area (TPSA) is 49.4 Å². The third kappa shape index (κ3) is 7.52. The van der Waals surface area contributed by atoms with Crippen LogP contribution in [0.1, 0.15) is 23.6 Å². The molecule has 2 amide bonds. The molecule has 4 nitrogen and oxygen atoms in total. The van der Waals surface area contributed by atoms with E-state index in [1.54, 1.807) is 17.0 Å². The molecule has 3 aromatic carbocycles. The van der Waals surface area contributed by atoms with Gasteiger partial charge in [-0.25, -0.2) is 0 Å². The molecule has 0 fully saturated rings. The van der Waals surface area contributed by atoms with Crippen molar-refractivity contribution in [2.24, 2.45) is 0 Å². The summed E-state index contributed by atoms with van der Waals surface area (Å²) < 4.78 is 0. The zero-order valence-corrected chi connectivity index (χ0v) is 21.6. The molecule has 0 spiro atoms. The smallest absolute Gasteiger partial charge is 0.243 e. The normalized spacial score (nSPS) is 11.6. The van der Waals surface area contributed by atoms with E-state index in [4.69, 9.17) is 23.2 Å². The summed E-state index contributed by atoms with van der Waals surface area (Å²) in [4.78, 5) is 29.4. The fourth-order valence-corrected chi connectivity index (χ4v) is 4.65. The minimum Gasteiger partial charge on any atom is -0.355 e. The molecule has 0 saturated heterocycles. The van der Waals surface area contributed by atoms with Gasteiger partial charge in [0.2, 0.25) is 11.8 Å². The van der Waals surface area contributed by atoms with Gasteiger partial charge in [-0.2, -0.15) is 0 Å². The molecule has 1 N–H and O–H groups in total. The maximum absolute atomic E-state index is 13.5. The van der Waals surface area contributed by atoms with E-state index in [1.807, 2.05) is 74.5 Å². The van der Waals surface area contributed by atoms with Crippen LogP contribution in [0.4, 0.5) is 0 Å². The second kappa shape index (κ2) is 12.8. The Bertz CT molecular complexity index is 1110. The predicted molar refractivity (Wildman–Crippen MR) is 142 cm³/mol. The number of halogens is 2. The van der Waals surface area contributed by atoms with E-state index in [1.165, 1.54) is 11.8 Å². The summed E-state index contributed by atoms with van der Waals surface area (Å²) in [5.74, 6) is -0.0846. The first-order valence-electron chi connectivity index (χ1n) is 11.1. The van der Waals surface area contributed by atoms with Crippen molar-refractivity contribution >= 4 is 46.8 Å². The van der Waals surface area contributed by atoms with E-state index in [9.17, 15) is 9.59 Å². The highest BCUT2D eigenvalue weighted by Gasteiger charge is 2.30. The maximum Gasteiger partial charge on any atom is 0.243 e. The zero-order valence-electron chi connectivity index (χ0n) is 19.3. The molecule has 0 radical (unpaired) electrons. The number of amides is 2. The molecule has 0 aliphatic heterocycles. The Kier molecular flexibility index (Phi) is 9.87. The number of carbonyl (C=O) groups is 2. The first-order valence-corrected chi connectivity index (χ1v) is 12.9. The highest BCUT2D eigenvalue weighted by molar-refractivity contribution is 8.00. The Hall–Kier alpha value is -2.47. The Balaban J connectivity index is 1.90. The molecular formula is C27H28Cl2N2O2S. The standard InChI is InChI=1S/C27H28Cl2N2O2S/c1-3-30-27(33)25(16-20-7-5-4-6-8-20)31(17-21-11-14-23(28)24(29)15-21)26(32)18-34-22-12-9-19(2)10-13-22/h4-15,25H,3,16-18H2,1-2H3,(H,30,33). The van der Waals surface area contributed by atoms with Crippen molar-refractivity contribution in [1.82, 2.24) is 10.2 Å². The van der Waals surface area contributed by atoms with E-state index >= 15 is 0 Å². The van der Waals surface area contributed by atoms with Crippen LogP contribution in [0.3, 0.4) is 0 Å². The van der Waals surface area contributed by atoms with Crippen molar-refractivity contribution in [3.63, 3.8) is 0 Å². The minimum absolute atomic E-state index is 0.121. The molecule has 1 atom stereocenters. The molecule has 0 aliphatic rings. The summed E-state index contributed by atoms with van der Waals surface area (Å²) in [6.07, 6.45) is 0.412. The zero-order chi connectivity index (χ0) is 24.5. The Morgan fingerprint density at radius 3 is 2.29 bits per heavy atom. The number of nitrogens with zero attached hydrogens (tertiary/aromatic N) is 1. The summed E-state index contributed by atoms with van der Waals surface area (Å²) in [5, 5.41) is 3.76. The lowest BCUT2D eigenvalue weighted by Gasteiger charge is -2.31. The number of rotatable bonds is 10. The predicted octanol–water partition coefficient (Wildman–Crippen LogP) is 6.17. The second-order valence-corrected chi connectivity index (χ2v) is 9.84. The largest absolute Gasteiger partial charge is 0.355 e. The van der Waals surface area contributed by atoms with Crippen LogP contribution in [0.2, 0.25) is 10.0 Å². The molecule has 3 aromatic rings. The van der Waals surface area contributed by atoms with Crippen LogP contribution in [0.15, 0.2) is 77.7 Å². The lowest BCUT2D eigenvalue weighted by Crippen LogP contribution is -2.51. The van der Waals surface area contributed by atoms with Crippen LogP contribution < -0.4 is 5.32 Å². The summed E-state index contributed by atoms with van der Waals surface area (Å²) in [7, 11) is 0. The fraction of sp³-hybridized carbons (Fsp3) is 0.259. The molecule has 178 valence electrons. The molecular weight excluding hydrogens is 487 g/mol. The number of benzene rings is 3. The highest BCUT2D eigenvalue weighted by Crippen LogP contribution is 2.25. The molecule has 3 rings (SSSR count). The molecule has 0 saturated carbocycles. The number of aryl methyl sites for hydroxylation is 1. The van der Waals surface area contributed by atoms with Crippen LogP contribution in [0, 0.1) is 6.92 Å². The van der Waals surface area contributed by atoms with Gasteiger partial charge in [-0.15, -0.1) is 11.8 Å². The fourth-order valence-electron chi connectivity index (χ4n) is 3.54. The molecule has 34 heavy (non-hydrogen) atoms. The van der Waals surface area contributed by atoms with Crippen molar-refractivity contribution < 1.29 is 9.59 Å². The number of hydrogen-bond donors (Lipinski definition) is 1. The van der Waals surface area contributed by atoms with Crippen molar-refractivity contribution in [1.29, 1.82) is 0 Å². The lowest BCUT2D eigenvalue weighted by atomic mass is 10.0. The molecule has 0 aromatic heterocycles. The van der Waals surface area contributed by atoms with Crippen molar-refractivity contribution in [2.45, 2.75) is 37.8 Å². The Labute approximate surface area is 215 Å². The Morgan fingerprint density at radius 1 is 0.941 bits per heavy atom. The van der Waals surface area contributed by atoms with Crippen LogP contribution in [0.25, 0.3) is 0 Å². The third-order valence-electron chi connectivity index (χ3n) is 5.34. The summed E-state index contributed by atoms with van der Waals surface area (Å²) in [6, 6.07) is 22.4. The number of hydrogen-bond acceptors (Lipinski definition) is 3. The van der Waals surface area contributed by atoms with Gasteiger partial charge in [-0.3, -0.25) is 9.59 Å². The van der Waals surface area contributed by atoms with Gasteiger partial charge in [-0.05, 0) is 49.2 Å². The van der Waals surface area contributed by atoms with Gasteiger partial charge in [0, 0.05) is 24.4 Å². The van der Waals surface area contributed by atoms with Crippen LogP contribution in [-0.4, -0.2) is 35.1 Å². The van der Waals surface area contributed by atoms with Gasteiger partial charge in [-0.1, -0.05) is 77.3 Å². The second-order valence-electron chi connectivity index (χ2n) is 7.97. The molecule has 0 aliphatic carbocycles. The van der Waals surface area contributed by atoms with Crippen molar-refractivity contribution in [3.8, 4) is 0 Å². The van der Waals surface area contributed by atoms with Crippen LogP contribution in [0.5, 0.6) is 0 Å². The monoisotopic (exact) mass is 514 g/mol. The van der Waals surface area contributed by atoms with E-state index in [2.05, 4.69) is 5.32 Å². The molecule has 0 bridgehead atoms. The molecule has 7 heteroatoms. The molecule has 1 unspecified atom stereocenters. The van der Waals surface area contributed by atoms with Crippen molar-refractivity contribution in [2.75, 3.05) is 12.3 Å². The summed E-state index contributed by atoms with van der Waals surface area (Å²) in [5.41, 5.74) is 2.96. The van der Waals surface area contributed by atoms with Gasteiger partial charge in [0.1, 0.15) is 6.04 Å². The minimum atomic E-state index is -0.664. The maximum atomic E-state index is 13.5. The number of nitrogens with one attached hydrogen (secondary N) is 1. The van der Waals surface area contributed by atoms with E-state index in [-0.39, 0.29) is 24.1 Å². The van der Waals surface area contributed by atoms with Gasteiger partial charge in [0.25, 0.3) is 0 Å². The first-order chi connectivity index (χ1) is 16.4. The summed E-state index contributed by atoms with van der Waals surface area (Å²) >= 11 is 13.8. The van der Waals surface area contributed by atoms with Crippen LogP contribution in [-0.2, 0) is 22.6 Å². The average molecular weight is 516 g/mol. The Morgan fingerprint density at radius 2 is 1.65 bits per heavy atom. The third-order valence-corrected chi connectivity index (χ3v) is 7.08. The van der Waals surface area contributed by atoms with Crippen molar-refractivity contribution in [3.05, 3.63) is 99.5 Å². The SMILES string of the molecule is CCNC(=O)C(Cc1ccccc1)N(Cc1ccc(Cl)c(Cl)c1)C(=O)CSc1ccc(C)cc1. The van der Waals surface area contributed by atoms with Gasteiger partial charge in [0.15, 0.2) is 0 Å². The summed E-state index contributed by atoms with van der Waals surface area (Å²) in [6.45, 7) is 4.63. The van der Waals surface area contributed by atoms with Crippen LogP contribution >= 0.6 is 35.0 Å². The van der Waals surface area contributed by atoms with Gasteiger partial charge < -0.3 is 10.2 Å². The van der Waals surface area contributed by atoms with Gasteiger partial charge >= 0.3 is 0 Å². The highest BCUT2D eigenvalue weighted by atomic mass is 35.5. The van der Waals surface area contributed by atoms with E-state index in [0.29, 0.717) is 23.0 Å². The quantitative estimate of drug-likeness (QED) is 0.329. The van der Waals surface area contributed by atoms with E-state index < -0.39 is 6.04 Å². The average Bonchev–Trinajstić information content (AvgIpc) is 2.83. The van der Waals surface area contributed by atoms with Gasteiger partial charge in [0.05, 0.1) is 15.8 Å². The number of carbonyl (C=O) groups excluding carboxylic acids is 2. The number of thioether (sulfide) groups is 1. The first kappa shape index (κ1) is 26.1.